The maximum Gasteiger partial charge on any atom is 0.140 e. The highest BCUT2D eigenvalue weighted by molar-refractivity contribution is 8.00. The third-order valence-electron chi connectivity index (χ3n) is 1.73. The van der Waals surface area contributed by atoms with Crippen molar-refractivity contribution < 1.29 is 9.50 Å². The molecule has 1 saturated carbocycles. The van der Waals surface area contributed by atoms with E-state index in [1.54, 1.807) is 17.8 Å². The fraction of sp³-hybridized carbons (Fsp3) is 0.333. The van der Waals surface area contributed by atoms with Gasteiger partial charge in [0.15, 0.2) is 0 Å². The summed E-state index contributed by atoms with van der Waals surface area (Å²) in [6.45, 7) is 0. The second-order valence-corrected chi connectivity index (χ2v) is 4.27. The number of hydrogen-bond acceptors (Lipinski definition) is 2. The van der Waals surface area contributed by atoms with Gasteiger partial charge in [-0.15, -0.1) is 11.8 Å². The van der Waals surface area contributed by atoms with Crippen LogP contribution in [0.25, 0.3) is 0 Å². The van der Waals surface area contributed by atoms with Gasteiger partial charge in [-0.1, -0.05) is 0 Å². The van der Waals surface area contributed by atoms with Crippen molar-refractivity contribution >= 4 is 11.8 Å². The first kappa shape index (κ1) is 7.92. The van der Waals surface area contributed by atoms with Crippen molar-refractivity contribution in [1.29, 1.82) is 0 Å². The molecule has 1 aliphatic carbocycles. The molecule has 0 unspecified atom stereocenters. The molecule has 0 saturated heterocycles. The highest BCUT2D eigenvalue weighted by Gasteiger charge is 2.23. The van der Waals surface area contributed by atoms with Crippen molar-refractivity contribution in [1.82, 2.24) is 0 Å². The van der Waals surface area contributed by atoms with Crippen molar-refractivity contribution in [2.24, 2.45) is 0 Å². The lowest BCUT2D eigenvalue weighted by Crippen LogP contribution is -1.81. The molecule has 0 bridgehead atoms. The zero-order valence-corrected chi connectivity index (χ0v) is 7.27. The number of hydrogen-bond donors (Lipinski definition) is 1. The molecule has 3 heteroatoms. The second-order valence-electron chi connectivity index (χ2n) is 2.93. The molecule has 1 N–H and O–H groups in total. The normalized spacial score (nSPS) is 16.4. The smallest absolute Gasteiger partial charge is 0.140 e. The minimum absolute atomic E-state index is 0.00681. The number of benzene rings is 1. The topological polar surface area (TPSA) is 20.2 Å². The number of phenolic OH excluding ortho intramolecular Hbond substituents is 1. The van der Waals surface area contributed by atoms with E-state index in [0.29, 0.717) is 10.1 Å². The number of aromatic hydroxyl groups is 1. The van der Waals surface area contributed by atoms with Crippen molar-refractivity contribution in [2.75, 3.05) is 0 Å². The summed E-state index contributed by atoms with van der Waals surface area (Å²) >= 11 is 1.56. The van der Waals surface area contributed by atoms with Crippen LogP contribution < -0.4 is 0 Å². The summed E-state index contributed by atoms with van der Waals surface area (Å²) in [5, 5.41) is 9.54. The Labute approximate surface area is 74.6 Å². The number of thioether (sulfide) groups is 1. The minimum atomic E-state index is -0.313. The average Bonchev–Trinajstić information content (AvgIpc) is 2.79. The molecule has 1 aliphatic rings. The minimum Gasteiger partial charge on any atom is -0.508 e. The predicted octanol–water partition coefficient (Wildman–Crippen LogP) is 2.79. The lowest BCUT2D eigenvalue weighted by molar-refractivity contribution is 0.466. The Morgan fingerprint density at radius 1 is 1.42 bits per heavy atom. The van der Waals surface area contributed by atoms with Gasteiger partial charge in [0.25, 0.3) is 0 Å². The summed E-state index contributed by atoms with van der Waals surface area (Å²) in [5.74, 6) is -0.320. The highest BCUT2D eigenvalue weighted by Crippen LogP contribution is 2.40. The van der Waals surface area contributed by atoms with Gasteiger partial charge in [-0.2, -0.15) is 0 Å². The van der Waals surface area contributed by atoms with Crippen molar-refractivity contribution in [3.05, 3.63) is 24.0 Å². The molecule has 0 aliphatic heterocycles. The van der Waals surface area contributed by atoms with E-state index < -0.39 is 0 Å². The molecule has 0 heterocycles. The third-order valence-corrected chi connectivity index (χ3v) is 3.12. The van der Waals surface area contributed by atoms with E-state index in [9.17, 15) is 4.39 Å². The van der Waals surface area contributed by atoms with Gasteiger partial charge in [-0.25, -0.2) is 4.39 Å². The molecule has 0 atom stereocenters. The van der Waals surface area contributed by atoms with Crippen LogP contribution in [-0.2, 0) is 0 Å². The quantitative estimate of drug-likeness (QED) is 0.762. The zero-order valence-electron chi connectivity index (χ0n) is 6.46. The first-order valence-electron chi connectivity index (χ1n) is 3.91. The van der Waals surface area contributed by atoms with Gasteiger partial charge in [0.1, 0.15) is 11.6 Å². The van der Waals surface area contributed by atoms with Crippen molar-refractivity contribution in [3.63, 3.8) is 0 Å². The van der Waals surface area contributed by atoms with E-state index in [1.807, 2.05) is 0 Å². The molecule has 0 spiro atoms. The summed E-state index contributed by atoms with van der Waals surface area (Å²) in [7, 11) is 0. The first-order chi connectivity index (χ1) is 5.75. The lowest BCUT2D eigenvalue weighted by atomic mass is 10.3. The van der Waals surface area contributed by atoms with Crippen LogP contribution in [-0.4, -0.2) is 10.4 Å². The largest absolute Gasteiger partial charge is 0.508 e. The predicted molar refractivity (Wildman–Crippen MR) is 46.9 cm³/mol. The molecular weight excluding hydrogens is 175 g/mol. The van der Waals surface area contributed by atoms with E-state index in [0.717, 1.165) is 6.07 Å². The highest BCUT2D eigenvalue weighted by atomic mass is 32.2. The molecular formula is C9H9FOS. The van der Waals surface area contributed by atoms with E-state index in [2.05, 4.69) is 0 Å². The number of halogens is 1. The summed E-state index contributed by atoms with van der Waals surface area (Å²) in [4.78, 5) is 0.648. The Bertz CT molecular complexity index is 297. The molecule has 0 amide bonds. The molecule has 1 fully saturated rings. The van der Waals surface area contributed by atoms with Crippen LogP contribution >= 0.6 is 11.8 Å². The number of phenols is 1. The molecule has 0 radical (unpaired) electrons. The zero-order chi connectivity index (χ0) is 8.55. The molecule has 0 aromatic heterocycles. The second kappa shape index (κ2) is 2.98. The average molecular weight is 184 g/mol. The van der Waals surface area contributed by atoms with E-state index >= 15 is 0 Å². The van der Waals surface area contributed by atoms with Gasteiger partial charge in [-0.05, 0) is 25.0 Å². The SMILES string of the molecule is Oc1ccc(SC2CC2)c(F)c1. The van der Waals surface area contributed by atoms with Crippen molar-refractivity contribution in [2.45, 2.75) is 23.0 Å². The molecule has 1 nitrogen and oxygen atoms in total. The van der Waals surface area contributed by atoms with E-state index in [1.165, 1.54) is 18.9 Å². The molecule has 1 aromatic rings. The van der Waals surface area contributed by atoms with Crippen LogP contribution in [0.1, 0.15) is 12.8 Å². The van der Waals surface area contributed by atoms with Crippen molar-refractivity contribution in [3.8, 4) is 5.75 Å². The fourth-order valence-electron chi connectivity index (χ4n) is 0.951. The number of rotatable bonds is 2. The Kier molecular flexibility index (Phi) is 1.97. The van der Waals surface area contributed by atoms with Crippen LogP contribution in [0.3, 0.4) is 0 Å². The molecule has 1 aromatic carbocycles. The van der Waals surface area contributed by atoms with Crippen LogP contribution in [0.5, 0.6) is 5.75 Å². The summed E-state index contributed by atoms with van der Waals surface area (Å²) in [5.41, 5.74) is 0. The Hall–Kier alpha value is -0.700. The summed E-state index contributed by atoms with van der Waals surface area (Å²) in [6, 6.07) is 4.31. The Morgan fingerprint density at radius 3 is 2.75 bits per heavy atom. The van der Waals surface area contributed by atoms with Crippen LogP contribution in [0, 0.1) is 5.82 Å². The Balaban J connectivity index is 2.18. The van der Waals surface area contributed by atoms with E-state index in [4.69, 9.17) is 5.11 Å². The molecule has 64 valence electrons. The fourth-order valence-corrected chi connectivity index (χ4v) is 2.00. The first-order valence-corrected chi connectivity index (χ1v) is 4.79. The van der Waals surface area contributed by atoms with E-state index in [-0.39, 0.29) is 11.6 Å². The monoisotopic (exact) mass is 184 g/mol. The summed E-state index contributed by atoms with van der Waals surface area (Å²) in [6.07, 6.45) is 2.37. The van der Waals surface area contributed by atoms with Gasteiger partial charge < -0.3 is 5.11 Å². The van der Waals surface area contributed by atoms with Crippen LogP contribution in [0.2, 0.25) is 0 Å². The Morgan fingerprint density at radius 2 is 2.17 bits per heavy atom. The molecule has 12 heavy (non-hydrogen) atoms. The van der Waals surface area contributed by atoms with Gasteiger partial charge in [0.05, 0.1) is 0 Å². The standard InChI is InChI=1S/C9H9FOS/c10-8-5-6(11)1-4-9(8)12-7-2-3-7/h1,4-5,7,11H,2-3H2. The van der Waals surface area contributed by atoms with Crippen LogP contribution in [0.15, 0.2) is 23.1 Å². The third kappa shape index (κ3) is 1.72. The summed E-state index contributed by atoms with van der Waals surface area (Å²) < 4.78 is 13.1. The van der Waals surface area contributed by atoms with Gasteiger partial charge in [0.2, 0.25) is 0 Å². The van der Waals surface area contributed by atoms with Gasteiger partial charge in [0, 0.05) is 16.2 Å². The van der Waals surface area contributed by atoms with Crippen LogP contribution in [0.4, 0.5) is 4.39 Å². The van der Waals surface area contributed by atoms with Gasteiger partial charge in [-0.3, -0.25) is 0 Å². The van der Waals surface area contributed by atoms with Gasteiger partial charge >= 0.3 is 0 Å². The maximum absolute atomic E-state index is 13.1. The maximum atomic E-state index is 13.1. The molecule has 2 rings (SSSR count). The lowest BCUT2D eigenvalue weighted by Gasteiger charge is -2.00.